The molecule has 1 aliphatic carbocycles. The Kier molecular flexibility index (Phi) is 2.34. The second kappa shape index (κ2) is 4.05. The zero-order valence-electron chi connectivity index (χ0n) is 10.7. The van der Waals surface area contributed by atoms with Crippen molar-refractivity contribution in [3.8, 4) is 11.3 Å². The minimum absolute atomic E-state index is 0.377. The lowest BCUT2D eigenvalue weighted by Crippen LogP contribution is -2.23. The predicted molar refractivity (Wildman–Crippen MR) is 72.8 cm³/mol. The minimum atomic E-state index is 0.377. The summed E-state index contributed by atoms with van der Waals surface area (Å²) in [6.07, 6.45) is 7.40. The van der Waals surface area contributed by atoms with Gasteiger partial charge in [-0.25, -0.2) is 4.98 Å². The number of ketones is 1. The van der Waals surface area contributed by atoms with Gasteiger partial charge in [-0.05, 0) is 24.3 Å². The Balaban J connectivity index is 1.78. The molecule has 2 heterocycles. The molecule has 0 spiro atoms. The normalized spacial score (nSPS) is 22.3. The molecule has 0 N–H and O–H groups in total. The Hall–Kier alpha value is -1.90. The number of benzene rings is 1. The number of aromatic nitrogens is 2. The average molecular weight is 252 g/mol. The summed E-state index contributed by atoms with van der Waals surface area (Å²) in [5.41, 5.74) is 3.93. The SMILES string of the molecule is O=C1CCC(C2c3ccccc3-c3cncn32)CC1. The van der Waals surface area contributed by atoms with Crippen LogP contribution in [-0.4, -0.2) is 15.3 Å². The summed E-state index contributed by atoms with van der Waals surface area (Å²) in [7, 11) is 0. The van der Waals surface area contributed by atoms with Crippen LogP contribution < -0.4 is 0 Å². The van der Waals surface area contributed by atoms with Crippen molar-refractivity contribution in [2.24, 2.45) is 5.92 Å². The molecule has 1 unspecified atom stereocenters. The summed E-state index contributed by atoms with van der Waals surface area (Å²) in [6, 6.07) is 8.98. The van der Waals surface area contributed by atoms with E-state index in [0.717, 1.165) is 25.7 Å². The third kappa shape index (κ3) is 1.57. The first-order valence-corrected chi connectivity index (χ1v) is 6.97. The van der Waals surface area contributed by atoms with Crippen molar-refractivity contribution in [3.05, 3.63) is 42.4 Å². The van der Waals surface area contributed by atoms with Gasteiger partial charge in [0.05, 0.1) is 24.3 Å². The van der Waals surface area contributed by atoms with E-state index >= 15 is 0 Å². The van der Waals surface area contributed by atoms with E-state index in [9.17, 15) is 4.79 Å². The quantitative estimate of drug-likeness (QED) is 0.781. The maximum atomic E-state index is 11.4. The van der Waals surface area contributed by atoms with Crippen molar-refractivity contribution in [1.29, 1.82) is 0 Å². The standard InChI is InChI=1S/C16H16N2O/c19-12-7-5-11(6-8-12)16-14-4-2-1-3-13(14)15-9-17-10-18(15)16/h1-4,9-11,16H,5-8H2. The minimum Gasteiger partial charge on any atom is -0.323 e. The van der Waals surface area contributed by atoms with Crippen LogP contribution in [0.1, 0.15) is 37.3 Å². The zero-order chi connectivity index (χ0) is 12.8. The average Bonchev–Trinajstić information content (AvgIpc) is 3.00. The molecule has 1 fully saturated rings. The van der Waals surface area contributed by atoms with Gasteiger partial charge in [-0.2, -0.15) is 0 Å². The third-order valence-corrected chi connectivity index (χ3v) is 4.56. The molecular weight excluding hydrogens is 236 g/mol. The van der Waals surface area contributed by atoms with E-state index in [2.05, 4.69) is 33.8 Å². The highest BCUT2D eigenvalue weighted by molar-refractivity contribution is 5.79. The van der Waals surface area contributed by atoms with Crippen LogP contribution in [0, 0.1) is 5.92 Å². The monoisotopic (exact) mass is 252 g/mol. The van der Waals surface area contributed by atoms with Gasteiger partial charge in [0.15, 0.2) is 0 Å². The van der Waals surface area contributed by atoms with E-state index in [1.54, 1.807) is 0 Å². The van der Waals surface area contributed by atoms with Crippen molar-refractivity contribution in [1.82, 2.24) is 9.55 Å². The van der Waals surface area contributed by atoms with Gasteiger partial charge in [0.25, 0.3) is 0 Å². The van der Waals surface area contributed by atoms with Crippen molar-refractivity contribution >= 4 is 5.78 Å². The number of rotatable bonds is 1. The van der Waals surface area contributed by atoms with Gasteiger partial charge in [-0.1, -0.05) is 24.3 Å². The zero-order valence-corrected chi connectivity index (χ0v) is 10.7. The number of carbonyl (C=O) groups excluding carboxylic acids is 1. The van der Waals surface area contributed by atoms with Crippen LogP contribution in [0.15, 0.2) is 36.8 Å². The molecule has 0 bridgehead atoms. The number of fused-ring (bicyclic) bond motifs is 3. The summed E-state index contributed by atoms with van der Waals surface area (Å²) >= 11 is 0. The number of imidazole rings is 1. The van der Waals surface area contributed by atoms with Crippen LogP contribution in [0.3, 0.4) is 0 Å². The molecule has 0 saturated heterocycles. The predicted octanol–water partition coefficient (Wildman–Crippen LogP) is 3.21. The molecule has 2 aliphatic rings. The second-order valence-corrected chi connectivity index (χ2v) is 5.59. The van der Waals surface area contributed by atoms with E-state index in [1.807, 2.05) is 12.5 Å². The highest BCUT2D eigenvalue weighted by atomic mass is 16.1. The van der Waals surface area contributed by atoms with Crippen LogP contribution in [0.25, 0.3) is 11.3 Å². The fourth-order valence-electron chi connectivity index (χ4n) is 3.63. The largest absolute Gasteiger partial charge is 0.323 e. The molecular formula is C16H16N2O. The molecule has 0 radical (unpaired) electrons. The Morgan fingerprint density at radius 3 is 2.79 bits per heavy atom. The summed E-state index contributed by atoms with van der Waals surface area (Å²) in [5.74, 6) is 0.989. The fraction of sp³-hybridized carbons (Fsp3) is 0.375. The first-order valence-electron chi connectivity index (χ1n) is 6.97. The molecule has 1 aromatic heterocycles. The van der Waals surface area contributed by atoms with Gasteiger partial charge in [0.2, 0.25) is 0 Å². The highest BCUT2D eigenvalue weighted by Gasteiger charge is 2.35. The summed E-state index contributed by atoms with van der Waals surface area (Å²) < 4.78 is 2.30. The molecule has 0 amide bonds. The number of hydrogen-bond donors (Lipinski definition) is 0. The molecule has 96 valence electrons. The lowest BCUT2D eigenvalue weighted by atomic mass is 9.80. The van der Waals surface area contributed by atoms with Gasteiger partial charge in [-0.3, -0.25) is 4.79 Å². The van der Waals surface area contributed by atoms with Gasteiger partial charge in [-0.15, -0.1) is 0 Å². The second-order valence-electron chi connectivity index (χ2n) is 5.59. The third-order valence-electron chi connectivity index (χ3n) is 4.56. The van der Waals surface area contributed by atoms with Crippen LogP contribution in [0.2, 0.25) is 0 Å². The van der Waals surface area contributed by atoms with E-state index < -0.39 is 0 Å². The summed E-state index contributed by atoms with van der Waals surface area (Å²) in [4.78, 5) is 15.7. The van der Waals surface area contributed by atoms with E-state index in [-0.39, 0.29) is 0 Å². The van der Waals surface area contributed by atoms with E-state index in [1.165, 1.54) is 16.8 Å². The van der Waals surface area contributed by atoms with Gasteiger partial charge >= 0.3 is 0 Å². The molecule has 19 heavy (non-hydrogen) atoms. The molecule has 1 aliphatic heterocycles. The van der Waals surface area contributed by atoms with Crippen molar-refractivity contribution in [2.45, 2.75) is 31.7 Å². The van der Waals surface area contributed by atoms with Crippen molar-refractivity contribution in [3.63, 3.8) is 0 Å². The van der Waals surface area contributed by atoms with Crippen molar-refractivity contribution in [2.75, 3.05) is 0 Å². The van der Waals surface area contributed by atoms with Crippen LogP contribution >= 0.6 is 0 Å². The summed E-state index contributed by atoms with van der Waals surface area (Å²) in [6.45, 7) is 0. The van der Waals surface area contributed by atoms with Crippen LogP contribution in [0.4, 0.5) is 0 Å². The first kappa shape index (κ1) is 11.0. The molecule has 3 nitrogen and oxygen atoms in total. The van der Waals surface area contributed by atoms with Crippen LogP contribution in [-0.2, 0) is 4.79 Å². The van der Waals surface area contributed by atoms with E-state index in [0.29, 0.717) is 17.7 Å². The highest BCUT2D eigenvalue weighted by Crippen LogP contribution is 2.46. The Bertz CT molecular complexity index is 634. The Morgan fingerprint density at radius 1 is 1.16 bits per heavy atom. The molecule has 1 saturated carbocycles. The van der Waals surface area contributed by atoms with Gasteiger partial charge < -0.3 is 4.57 Å². The lowest BCUT2D eigenvalue weighted by molar-refractivity contribution is -0.121. The number of nitrogens with zero attached hydrogens (tertiary/aromatic N) is 2. The number of Topliss-reactive ketones (excluding diaryl/α,β-unsaturated/α-hetero) is 1. The van der Waals surface area contributed by atoms with Crippen LogP contribution in [0.5, 0.6) is 0 Å². The maximum Gasteiger partial charge on any atom is 0.132 e. The smallest absolute Gasteiger partial charge is 0.132 e. The van der Waals surface area contributed by atoms with E-state index in [4.69, 9.17) is 0 Å². The molecule has 1 atom stereocenters. The first-order chi connectivity index (χ1) is 9.34. The molecule has 1 aromatic carbocycles. The lowest BCUT2D eigenvalue weighted by Gasteiger charge is -2.28. The summed E-state index contributed by atoms with van der Waals surface area (Å²) in [5, 5.41) is 0. The fourth-order valence-corrected chi connectivity index (χ4v) is 3.63. The topological polar surface area (TPSA) is 34.9 Å². The molecule has 3 heteroatoms. The molecule has 4 rings (SSSR count). The van der Waals surface area contributed by atoms with Crippen molar-refractivity contribution < 1.29 is 4.79 Å². The molecule has 2 aromatic rings. The van der Waals surface area contributed by atoms with Gasteiger partial charge in [0.1, 0.15) is 5.78 Å². The van der Waals surface area contributed by atoms with Gasteiger partial charge in [0, 0.05) is 18.4 Å². The maximum absolute atomic E-state index is 11.4. The Labute approximate surface area is 112 Å². The Morgan fingerprint density at radius 2 is 1.95 bits per heavy atom. The number of carbonyl (C=O) groups is 1. The number of hydrogen-bond acceptors (Lipinski definition) is 2.